The summed E-state index contributed by atoms with van der Waals surface area (Å²) in [6.07, 6.45) is 3.26. The molecule has 1 unspecified atom stereocenters. The Kier molecular flexibility index (Phi) is 11.8. The van der Waals surface area contributed by atoms with E-state index in [2.05, 4.69) is 43.8 Å². The molecule has 0 aliphatic rings. The van der Waals surface area contributed by atoms with Crippen LogP contribution in [0.25, 0.3) is 0 Å². The number of halogens is 1. The fraction of sp³-hybridized carbons (Fsp3) is 0.600. The number of benzene rings is 1. The number of aliphatic hydroxyl groups is 1. The van der Waals surface area contributed by atoms with Crippen LogP contribution in [-0.2, 0) is 4.79 Å². The molecule has 6 nitrogen and oxygen atoms in total. The zero-order valence-corrected chi connectivity index (χ0v) is 18.2. The molecule has 0 aromatic heterocycles. The minimum absolute atomic E-state index is 0.0343. The lowest BCUT2D eigenvalue weighted by Gasteiger charge is -2.15. The zero-order chi connectivity index (χ0) is 20.1. The van der Waals surface area contributed by atoms with Crippen LogP contribution < -0.4 is 16.0 Å². The van der Waals surface area contributed by atoms with Gasteiger partial charge in [-0.05, 0) is 56.4 Å². The van der Waals surface area contributed by atoms with Crippen molar-refractivity contribution in [2.75, 3.05) is 31.6 Å². The summed E-state index contributed by atoms with van der Waals surface area (Å²) in [4.78, 5) is 16.8. The third-order valence-electron chi connectivity index (χ3n) is 4.19. The lowest BCUT2D eigenvalue weighted by molar-refractivity contribution is -0.116. The molecule has 0 radical (unpaired) electrons. The van der Waals surface area contributed by atoms with E-state index in [0.29, 0.717) is 31.4 Å². The number of hydrogen-bond donors (Lipinski definition) is 4. The van der Waals surface area contributed by atoms with Crippen molar-refractivity contribution in [3.8, 4) is 0 Å². The Balaban J connectivity index is 2.48. The first-order valence-electron chi connectivity index (χ1n) is 9.69. The van der Waals surface area contributed by atoms with Gasteiger partial charge in [-0.1, -0.05) is 29.3 Å². The SMILES string of the molecule is CCCC(CCO)CN=C(NCC)NCCC(=O)Nc1ccc(Br)cc1C. The lowest BCUT2D eigenvalue weighted by atomic mass is 10.0. The number of amides is 1. The highest BCUT2D eigenvalue weighted by molar-refractivity contribution is 9.10. The van der Waals surface area contributed by atoms with Crippen LogP contribution in [0.3, 0.4) is 0 Å². The molecule has 0 aliphatic carbocycles. The van der Waals surface area contributed by atoms with Gasteiger partial charge in [-0.15, -0.1) is 0 Å². The zero-order valence-electron chi connectivity index (χ0n) is 16.6. The summed E-state index contributed by atoms with van der Waals surface area (Å²) in [5.74, 6) is 1.07. The monoisotopic (exact) mass is 440 g/mol. The summed E-state index contributed by atoms with van der Waals surface area (Å²) in [6, 6.07) is 5.78. The van der Waals surface area contributed by atoms with Crippen molar-refractivity contribution >= 4 is 33.5 Å². The molecule has 0 heterocycles. The maximum Gasteiger partial charge on any atom is 0.226 e. The number of aliphatic hydroxyl groups excluding tert-OH is 1. The third-order valence-corrected chi connectivity index (χ3v) is 4.69. The Morgan fingerprint density at radius 1 is 1.26 bits per heavy atom. The van der Waals surface area contributed by atoms with Crippen molar-refractivity contribution in [1.29, 1.82) is 0 Å². The van der Waals surface area contributed by atoms with Gasteiger partial charge in [-0.3, -0.25) is 9.79 Å². The van der Waals surface area contributed by atoms with E-state index in [1.807, 2.05) is 32.0 Å². The highest BCUT2D eigenvalue weighted by Crippen LogP contribution is 2.20. The van der Waals surface area contributed by atoms with Gasteiger partial charge in [-0.25, -0.2) is 0 Å². The van der Waals surface area contributed by atoms with Crippen molar-refractivity contribution < 1.29 is 9.90 Å². The van der Waals surface area contributed by atoms with Crippen LogP contribution in [0.2, 0.25) is 0 Å². The summed E-state index contributed by atoms with van der Waals surface area (Å²) in [7, 11) is 0. The number of aliphatic imine (C=N–C) groups is 1. The fourth-order valence-corrected chi connectivity index (χ4v) is 3.23. The molecule has 27 heavy (non-hydrogen) atoms. The Labute approximate surface area is 171 Å². The quantitative estimate of drug-likeness (QED) is 0.313. The van der Waals surface area contributed by atoms with E-state index in [4.69, 9.17) is 5.11 Å². The Morgan fingerprint density at radius 2 is 2.04 bits per heavy atom. The fourth-order valence-electron chi connectivity index (χ4n) is 2.75. The van der Waals surface area contributed by atoms with Crippen LogP contribution >= 0.6 is 15.9 Å². The topological polar surface area (TPSA) is 85.8 Å². The van der Waals surface area contributed by atoms with Gasteiger partial charge >= 0.3 is 0 Å². The van der Waals surface area contributed by atoms with Crippen LogP contribution in [0.4, 0.5) is 5.69 Å². The molecule has 0 aliphatic heterocycles. The van der Waals surface area contributed by atoms with E-state index < -0.39 is 0 Å². The summed E-state index contributed by atoms with van der Waals surface area (Å²) in [5, 5.41) is 18.5. The second-order valence-corrected chi connectivity index (χ2v) is 7.49. The van der Waals surface area contributed by atoms with Gasteiger partial charge in [0, 0.05) is 42.8 Å². The summed E-state index contributed by atoms with van der Waals surface area (Å²) in [5.41, 5.74) is 1.85. The van der Waals surface area contributed by atoms with Gasteiger partial charge < -0.3 is 21.1 Å². The number of carbonyl (C=O) groups excluding carboxylic acids is 1. The second kappa shape index (κ2) is 13.6. The van der Waals surface area contributed by atoms with Gasteiger partial charge in [0.1, 0.15) is 0 Å². The molecule has 1 rings (SSSR count). The van der Waals surface area contributed by atoms with E-state index >= 15 is 0 Å². The molecule has 1 aromatic rings. The number of rotatable bonds is 11. The maximum atomic E-state index is 12.2. The average molecular weight is 441 g/mol. The first kappa shape index (κ1) is 23.4. The predicted molar refractivity (Wildman–Crippen MR) is 116 cm³/mol. The first-order valence-corrected chi connectivity index (χ1v) is 10.5. The number of nitrogens with one attached hydrogen (secondary N) is 3. The number of guanidine groups is 1. The van der Waals surface area contributed by atoms with Crippen LogP contribution in [0.1, 0.15) is 45.1 Å². The van der Waals surface area contributed by atoms with Crippen LogP contribution in [0.15, 0.2) is 27.7 Å². The molecule has 1 aromatic carbocycles. The molecule has 0 saturated heterocycles. The van der Waals surface area contributed by atoms with E-state index in [1.165, 1.54) is 0 Å². The number of nitrogens with zero attached hydrogens (tertiary/aromatic N) is 1. The van der Waals surface area contributed by atoms with Gasteiger partial charge in [0.2, 0.25) is 5.91 Å². The van der Waals surface area contributed by atoms with Crippen molar-refractivity contribution in [3.63, 3.8) is 0 Å². The summed E-state index contributed by atoms with van der Waals surface area (Å²) >= 11 is 3.42. The Morgan fingerprint density at radius 3 is 2.67 bits per heavy atom. The number of carbonyl (C=O) groups is 1. The number of aryl methyl sites for hydroxylation is 1. The van der Waals surface area contributed by atoms with Crippen molar-refractivity contribution in [1.82, 2.24) is 10.6 Å². The van der Waals surface area contributed by atoms with E-state index in [0.717, 1.165) is 41.5 Å². The molecular weight excluding hydrogens is 408 g/mol. The Bertz CT molecular complexity index is 602. The minimum Gasteiger partial charge on any atom is -0.396 e. The molecular formula is C20H33BrN4O2. The van der Waals surface area contributed by atoms with Crippen LogP contribution in [-0.4, -0.2) is 43.2 Å². The second-order valence-electron chi connectivity index (χ2n) is 6.57. The van der Waals surface area contributed by atoms with Gasteiger partial charge in [-0.2, -0.15) is 0 Å². The molecule has 1 amide bonds. The highest BCUT2D eigenvalue weighted by Gasteiger charge is 2.08. The van der Waals surface area contributed by atoms with Gasteiger partial charge in [0.15, 0.2) is 5.96 Å². The van der Waals surface area contributed by atoms with Crippen molar-refractivity contribution in [2.24, 2.45) is 10.9 Å². The van der Waals surface area contributed by atoms with Crippen molar-refractivity contribution in [3.05, 3.63) is 28.2 Å². The lowest BCUT2D eigenvalue weighted by Crippen LogP contribution is -2.39. The van der Waals surface area contributed by atoms with E-state index in [1.54, 1.807) is 0 Å². The minimum atomic E-state index is -0.0343. The average Bonchev–Trinajstić information content (AvgIpc) is 2.62. The van der Waals surface area contributed by atoms with Crippen LogP contribution in [0.5, 0.6) is 0 Å². The van der Waals surface area contributed by atoms with E-state index in [9.17, 15) is 4.79 Å². The Hall–Kier alpha value is -1.60. The molecule has 0 fully saturated rings. The van der Waals surface area contributed by atoms with E-state index in [-0.39, 0.29) is 12.5 Å². The standard InChI is InChI=1S/C20H33BrN4O2/c1-4-6-16(10-12-26)14-24-20(22-5-2)23-11-9-19(27)25-18-8-7-17(21)13-15(18)3/h7-8,13,16,26H,4-6,9-12,14H2,1-3H3,(H,25,27)(H2,22,23,24). The smallest absolute Gasteiger partial charge is 0.226 e. The predicted octanol–water partition coefficient (Wildman–Crippen LogP) is 3.44. The highest BCUT2D eigenvalue weighted by atomic mass is 79.9. The first-order chi connectivity index (χ1) is 13.0. The molecule has 0 saturated carbocycles. The van der Waals surface area contributed by atoms with Crippen LogP contribution in [0, 0.1) is 12.8 Å². The maximum absolute atomic E-state index is 12.2. The largest absolute Gasteiger partial charge is 0.396 e. The molecule has 4 N–H and O–H groups in total. The molecule has 0 spiro atoms. The third kappa shape index (κ3) is 9.77. The molecule has 1 atom stereocenters. The molecule has 152 valence electrons. The number of hydrogen-bond acceptors (Lipinski definition) is 3. The molecule has 7 heteroatoms. The van der Waals surface area contributed by atoms with Crippen molar-refractivity contribution in [2.45, 2.75) is 46.5 Å². The van der Waals surface area contributed by atoms with Gasteiger partial charge in [0.25, 0.3) is 0 Å². The van der Waals surface area contributed by atoms with Gasteiger partial charge in [0.05, 0.1) is 0 Å². The number of anilines is 1. The summed E-state index contributed by atoms with van der Waals surface area (Å²) < 4.78 is 0.994. The molecule has 0 bridgehead atoms. The normalized spacial score (nSPS) is 12.6. The summed E-state index contributed by atoms with van der Waals surface area (Å²) in [6.45, 7) is 8.25.